The van der Waals surface area contributed by atoms with Crippen LogP contribution in [0.3, 0.4) is 0 Å². The summed E-state index contributed by atoms with van der Waals surface area (Å²) in [4.78, 5) is 31.5. The van der Waals surface area contributed by atoms with Gasteiger partial charge in [-0.05, 0) is 32.0 Å². The molecule has 7 heteroatoms. The normalized spacial score (nSPS) is 11.5. The van der Waals surface area contributed by atoms with Gasteiger partial charge >= 0.3 is 11.8 Å². The number of nitrogens with one attached hydrogen (secondary N) is 1. The monoisotopic (exact) mass is 300 g/mol. The van der Waals surface area contributed by atoms with E-state index in [4.69, 9.17) is 4.84 Å². The summed E-state index contributed by atoms with van der Waals surface area (Å²) in [7, 11) is 0. The lowest BCUT2D eigenvalue weighted by Crippen LogP contribution is -2.33. The summed E-state index contributed by atoms with van der Waals surface area (Å²) in [6, 6.07) is 11.1. The molecule has 0 fully saturated rings. The molecule has 0 bridgehead atoms. The minimum Gasteiger partial charge on any atom is -0.271 e. The van der Waals surface area contributed by atoms with Crippen LogP contribution in [-0.4, -0.2) is 27.7 Å². The standard InChI is InChI=1S/C15H16N4O3/c1-11(2)22-18-15(21)14(20)17-12-8-9-19(16-10-12)13-6-4-3-5-7-13/h3-11H,1-2H3,(H,18,21). The van der Waals surface area contributed by atoms with Gasteiger partial charge in [-0.2, -0.15) is 5.10 Å². The van der Waals surface area contributed by atoms with E-state index in [9.17, 15) is 9.59 Å². The molecule has 2 amide bonds. The van der Waals surface area contributed by atoms with Gasteiger partial charge < -0.3 is 0 Å². The first-order valence-corrected chi connectivity index (χ1v) is 6.71. The Kier molecular flexibility index (Phi) is 5.16. The maximum atomic E-state index is 11.6. The van der Waals surface area contributed by atoms with Crippen molar-refractivity contribution in [3.63, 3.8) is 0 Å². The van der Waals surface area contributed by atoms with Crippen LogP contribution in [-0.2, 0) is 14.4 Å². The molecule has 2 aromatic rings. The minimum absolute atomic E-state index is 0.222. The van der Waals surface area contributed by atoms with Crippen molar-refractivity contribution < 1.29 is 14.4 Å². The fourth-order valence-electron chi connectivity index (χ4n) is 1.53. The van der Waals surface area contributed by atoms with Crippen LogP contribution in [0.2, 0.25) is 0 Å². The summed E-state index contributed by atoms with van der Waals surface area (Å²) in [5.41, 5.74) is 2.91. The van der Waals surface area contributed by atoms with Gasteiger partial charge in [0.05, 0.1) is 23.3 Å². The zero-order valence-electron chi connectivity index (χ0n) is 12.3. The Morgan fingerprint density at radius 2 is 1.95 bits per heavy atom. The maximum Gasteiger partial charge on any atom is 0.337 e. The molecule has 0 saturated carbocycles. The van der Waals surface area contributed by atoms with E-state index in [-0.39, 0.29) is 11.5 Å². The van der Waals surface area contributed by atoms with Crippen LogP contribution >= 0.6 is 0 Å². The molecule has 0 unspecified atom stereocenters. The van der Waals surface area contributed by atoms with Gasteiger partial charge in [0.15, 0.2) is 0 Å². The second kappa shape index (κ2) is 7.28. The van der Waals surface area contributed by atoms with Crippen molar-refractivity contribution in [2.75, 3.05) is 0 Å². The number of carbonyl (C=O) groups excluding carboxylic acids is 2. The topological polar surface area (TPSA) is 85.6 Å². The molecule has 1 N–H and O–H groups in total. The van der Waals surface area contributed by atoms with Gasteiger partial charge in [0.1, 0.15) is 0 Å². The number of aromatic nitrogens is 2. The highest BCUT2D eigenvalue weighted by Gasteiger charge is 2.12. The predicted molar refractivity (Wildman–Crippen MR) is 78.5 cm³/mol. The van der Waals surface area contributed by atoms with Crippen molar-refractivity contribution in [2.45, 2.75) is 20.0 Å². The van der Waals surface area contributed by atoms with E-state index in [1.165, 1.54) is 6.20 Å². The summed E-state index contributed by atoms with van der Waals surface area (Å²) in [5.74, 6) is -1.87. The molecule has 1 aromatic heterocycles. The second-order valence-corrected chi connectivity index (χ2v) is 4.68. The van der Waals surface area contributed by atoms with Gasteiger partial charge in [-0.15, -0.1) is 0 Å². The van der Waals surface area contributed by atoms with Crippen LogP contribution in [0.15, 0.2) is 53.8 Å². The van der Waals surface area contributed by atoms with Crippen molar-refractivity contribution >= 4 is 11.8 Å². The third kappa shape index (κ3) is 4.35. The fraction of sp³-hybridized carbons (Fsp3) is 0.200. The Bertz CT molecular complexity index is 703. The van der Waals surface area contributed by atoms with Gasteiger partial charge in [-0.1, -0.05) is 18.2 Å². The third-order valence-corrected chi connectivity index (χ3v) is 2.53. The number of rotatable bonds is 3. The fourth-order valence-corrected chi connectivity index (χ4v) is 1.53. The van der Waals surface area contributed by atoms with Crippen molar-refractivity contribution in [3.8, 4) is 5.69 Å². The third-order valence-electron chi connectivity index (χ3n) is 2.53. The first kappa shape index (κ1) is 15.6. The molecule has 114 valence electrons. The minimum atomic E-state index is -0.945. The summed E-state index contributed by atoms with van der Waals surface area (Å²) in [6.45, 7) is 3.46. The van der Waals surface area contributed by atoms with Gasteiger partial charge in [-0.3, -0.25) is 14.4 Å². The van der Waals surface area contributed by atoms with Crippen molar-refractivity contribution in [1.82, 2.24) is 15.3 Å². The van der Waals surface area contributed by atoms with E-state index in [0.29, 0.717) is 0 Å². The Morgan fingerprint density at radius 3 is 2.55 bits per heavy atom. The van der Waals surface area contributed by atoms with Crippen LogP contribution in [0.25, 0.3) is 5.69 Å². The van der Waals surface area contributed by atoms with E-state index in [2.05, 4.69) is 10.1 Å². The summed E-state index contributed by atoms with van der Waals surface area (Å²) in [5, 5.41) is 4.43. The zero-order valence-corrected chi connectivity index (χ0v) is 12.3. The Balaban J connectivity index is 2.09. The van der Waals surface area contributed by atoms with Crippen molar-refractivity contribution in [2.24, 2.45) is 4.99 Å². The summed E-state index contributed by atoms with van der Waals surface area (Å²) in [6.07, 6.45) is 2.84. The van der Waals surface area contributed by atoms with Gasteiger partial charge in [0.2, 0.25) is 0 Å². The van der Waals surface area contributed by atoms with Crippen LogP contribution in [0.5, 0.6) is 0 Å². The van der Waals surface area contributed by atoms with Gasteiger partial charge in [-0.25, -0.2) is 15.2 Å². The molecule has 7 nitrogen and oxygen atoms in total. The smallest absolute Gasteiger partial charge is 0.271 e. The first-order chi connectivity index (χ1) is 10.6. The van der Waals surface area contributed by atoms with E-state index in [0.717, 1.165) is 5.69 Å². The highest BCUT2D eigenvalue weighted by atomic mass is 16.7. The number of hydrogen-bond acceptors (Lipinski definition) is 4. The second-order valence-electron chi connectivity index (χ2n) is 4.68. The molecule has 0 atom stereocenters. The van der Waals surface area contributed by atoms with E-state index in [1.54, 1.807) is 30.8 Å². The van der Waals surface area contributed by atoms with Crippen molar-refractivity contribution in [3.05, 3.63) is 54.1 Å². The van der Waals surface area contributed by atoms with Gasteiger partial charge in [0, 0.05) is 6.20 Å². The molecule has 0 aliphatic carbocycles. The molecule has 0 spiro atoms. The lowest BCUT2D eigenvalue weighted by Gasteiger charge is -2.05. The average Bonchev–Trinajstić information content (AvgIpc) is 2.54. The maximum absolute atomic E-state index is 11.6. The number of hydrogen-bond donors (Lipinski definition) is 1. The van der Waals surface area contributed by atoms with E-state index in [1.807, 2.05) is 35.8 Å². The molecular formula is C15H16N4O3. The number of nitrogens with zero attached hydrogens (tertiary/aromatic N) is 3. The highest BCUT2D eigenvalue weighted by Crippen LogP contribution is 2.02. The highest BCUT2D eigenvalue weighted by molar-refractivity contribution is 6.35. The molecular weight excluding hydrogens is 284 g/mol. The van der Waals surface area contributed by atoms with Crippen LogP contribution in [0.4, 0.5) is 0 Å². The van der Waals surface area contributed by atoms with E-state index < -0.39 is 11.8 Å². The van der Waals surface area contributed by atoms with Crippen LogP contribution in [0, 0.1) is 0 Å². The zero-order chi connectivity index (χ0) is 15.9. The summed E-state index contributed by atoms with van der Waals surface area (Å²) < 4.78 is 1.63. The number of amides is 2. The molecule has 1 aromatic carbocycles. The summed E-state index contributed by atoms with van der Waals surface area (Å²) >= 11 is 0. The molecule has 0 aliphatic heterocycles. The SMILES string of the molecule is CC(C)ONC(=O)C(=O)N=c1ccn(-c2ccccc2)nc1. The first-order valence-electron chi connectivity index (χ1n) is 6.71. The Labute approximate surface area is 127 Å². The molecule has 1 heterocycles. The van der Waals surface area contributed by atoms with Crippen LogP contribution in [0.1, 0.15) is 13.8 Å². The van der Waals surface area contributed by atoms with Crippen LogP contribution < -0.4 is 10.8 Å². The molecule has 0 saturated heterocycles. The number of para-hydroxylation sites is 1. The van der Waals surface area contributed by atoms with Gasteiger partial charge in [0.25, 0.3) is 0 Å². The molecule has 0 aliphatic rings. The predicted octanol–water partition coefficient (Wildman–Crippen LogP) is 0.756. The molecule has 22 heavy (non-hydrogen) atoms. The molecule has 2 rings (SSSR count). The lowest BCUT2D eigenvalue weighted by molar-refractivity contribution is -0.147. The van der Waals surface area contributed by atoms with E-state index >= 15 is 0 Å². The number of benzene rings is 1. The number of hydroxylamine groups is 1. The quantitative estimate of drug-likeness (QED) is 0.669. The average molecular weight is 300 g/mol. The van der Waals surface area contributed by atoms with Crippen molar-refractivity contribution in [1.29, 1.82) is 0 Å². The molecule has 0 radical (unpaired) electrons. The lowest BCUT2D eigenvalue weighted by atomic mass is 10.3. The number of carbonyl (C=O) groups is 2. The Hall–Kier alpha value is -2.80. The largest absolute Gasteiger partial charge is 0.337 e. The Morgan fingerprint density at radius 1 is 1.23 bits per heavy atom.